The number of nitrogens with zero attached hydrogens (tertiary/aromatic N) is 4. The molecule has 0 fully saturated rings. The van der Waals surface area contributed by atoms with E-state index in [9.17, 15) is 22.4 Å². The van der Waals surface area contributed by atoms with Gasteiger partial charge in [-0.3, -0.25) is 9.36 Å². The minimum Gasteiger partial charge on any atom is -0.382 e. The average molecular weight is 409 g/mol. The van der Waals surface area contributed by atoms with Crippen LogP contribution in [0.25, 0.3) is 22.2 Å². The van der Waals surface area contributed by atoms with Crippen molar-refractivity contribution < 1.29 is 17.6 Å². The van der Waals surface area contributed by atoms with E-state index in [0.29, 0.717) is 6.54 Å². The van der Waals surface area contributed by atoms with E-state index in [1.807, 2.05) is 0 Å². The zero-order valence-corrected chi connectivity index (χ0v) is 15.6. The van der Waals surface area contributed by atoms with Crippen LogP contribution in [0.3, 0.4) is 0 Å². The van der Waals surface area contributed by atoms with Gasteiger partial charge in [0.25, 0.3) is 5.56 Å². The van der Waals surface area contributed by atoms with Crippen molar-refractivity contribution in [2.75, 3.05) is 5.73 Å². The number of benzene rings is 1. The SMILES string of the molecule is CCCCCCn1cnc2cc(-c3cnc(C(F)(F)F)c(N)n3)c(F)cc2c1=O. The van der Waals surface area contributed by atoms with Crippen molar-refractivity contribution in [3.63, 3.8) is 0 Å². The molecule has 0 saturated carbocycles. The molecule has 2 aromatic heterocycles. The number of halogens is 4. The van der Waals surface area contributed by atoms with Gasteiger partial charge in [0, 0.05) is 12.1 Å². The monoisotopic (exact) mass is 409 g/mol. The molecule has 154 valence electrons. The maximum Gasteiger partial charge on any atom is 0.437 e. The molecule has 0 saturated heterocycles. The van der Waals surface area contributed by atoms with Crippen molar-refractivity contribution in [1.82, 2.24) is 19.5 Å². The summed E-state index contributed by atoms with van der Waals surface area (Å²) in [5.41, 5.74) is 3.50. The number of aromatic nitrogens is 4. The molecule has 1 aromatic carbocycles. The molecule has 6 nitrogen and oxygen atoms in total. The third-order valence-electron chi connectivity index (χ3n) is 4.51. The van der Waals surface area contributed by atoms with E-state index in [1.54, 1.807) is 0 Å². The van der Waals surface area contributed by atoms with Gasteiger partial charge in [0.15, 0.2) is 11.5 Å². The molecule has 0 spiro atoms. The van der Waals surface area contributed by atoms with Gasteiger partial charge >= 0.3 is 6.18 Å². The molecule has 0 aliphatic heterocycles. The predicted octanol–water partition coefficient (Wildman–Crippen LogP) is 4.17. The quantitative estimate of drug-likeness (QED) is 0.488. The second kappa shape index (κ2) is 8.14. The number of anilines is 1. The summed E-state index contributed by atoms with van der Waals surface area (Å²) in [7, 11) is 0. The molecule has 0 bridgehead atoms. The Morgan fingerprint density at radius 2 is 1.90 bits per heavy atom. The van der Waals surface area contributed by atoms with Crippen LogP contribution in [0.15, 0.2) is 29.5 Å². The molecule has 3 aromatic rings. The number of hydrogen-bond acceptors (Lipinski definition) is 5. The second-order valence-corrected chi connectivity index (χ2v) is 6.64. The number of nitrogens with two attached hydrogens (primary N) is 1. The van der Waals surface area contributed by atoms with E-state index in [1.165, 1.54) is 17.0 Å². The van der Waals surface area contributed by atoms with Crippen molar-refractivity contribution in [3.8, 4) is 11.3 Å². The van der Waals surface area contributed by atoms with E-state index in [0.717, 1.165) is 37.9 Å². The lowest BCUT2D eigenvalue weighted by Crippen LogP contribution is -2.21. The zero-order chi connectivity index (χ0) is 21.2. The fourth-order valence-corrected chi connectivity index (χ4v) is 3.00. The van der Waals surface area contributed by atoms with Gasteiger partial charge in [0.05, 0.1) is 29.1 Å². The molecule has 0 atom stereocenters. The average Bonchev–Trinajstić information content (AvgIpc) is 2.66. The Morgan fingerprint density at radius 3 is 2.55 bits per heavy atom. The first-order valence-electron chi connectivity index (χ1n) is 9.11. The first-order valence-corrected chi connectivity index (χ1v) is 9.11. The fourth-order valence-electron chi connectivity index (χ4n) is 3.00. The van der Waals surface area contributed by atoms with Gasteiger partial charge in [0.1, 0.15) is 5.82 Å². The lowest BCUT2D eigenvalue weighted by Gasteiger charge is -2.11. The van der Waals surface area contributed by atoms with Crippen LogP contribution in [0.5, 0.6) is 0 Å². The standard InChI is InChI=1S/C19H19F4N5O/c1-2-3-4-5-6-28-10-26-14-8-11(13(20)7-12(14)18(28)29)15-9-25-16(17(24)27-15)19(21,22)23/h7-10H,2-6H2,1H3,(H2,24,27). The lowest BCUT2D eigenvalue weighted by atomic mass is 10.1. The third-order valence-corrected chi connectivity index (χ3v) is 4.51. The van der Waals surface area contributed by atoms with Crippen molar-refractivity contribution in [1.29, 1.82) is 0 Å². The largest absolute Gasteiger partial charge is 0.437 e. The first-order chi connectivity index (χ1) is 13.7. The van der Waals surface area contributed by atoms with Gasteiger partial charge in [-0.25, -0.2) is 19.3 Å². The summed E-state index contributed by atoms with van der Waals surface area (Å²) >= 11 is 0. The van der Waals surface area contributed by atoms with Gasteiger partial charge in [0.2, 0.25) is 0 Å². The van der Waals surface area contributed by atoms with E-state index >= 15 is 0 Å². The van der Waals surface area contributed by atoms with Crippen LogP contribution in [0, 0.1) is 5.82 Å². The van der Waals surface area contributed by atoms with Gasteiger partial charge in [-0.05, 0) is 18.6 Å². The molecule has 0 aliphatic carbocycles. The number of fused-ring (bicyclic) bond motifs is 1. The summed E-state index contributed by atoms with van der Waals surface area (Å²) in [4.78, 5) is 23.7. The van der Waals surface area contributed by atoms with E-state index in [4.69, 9.17) is 5.73 Å². The van der Waals surface area contributed by atoms with Gasteiger partial charge in [-0.15, -0.1) is 0 Å². The highest BCUT2D eigenvalue weighted by atomic mass is 19.4. The third kappa shape index (κ3) is 4.36. The molecule has 0 unspecified atom stereocenters. The molecule has 10 heteroatoms. The molecule has 2 heterocycles. The Kier molecular flexibility index (Phi) is 5.81. The van der Waals surface area contributed by atoms with Crippen molar-refractivity contribution in [3.05, 3.63) is 46.5 Å². The van der Waals surface area contributed by atoms with Crippen LogP contribution >= 0.6 is 0 Å². The Balaban J connectivity index is 1.98. The number of rotatable bonds is 6. The number of aryl methyl sites for hydroxylation is 1. The number of hydrogen-bond donors (Lipinski definition) is 1. The van der Waals surface area contributed by atoms with Crippen molar-refractivity contribution in [2.24, 2.45) is 0 Å². The summed E-state index contributed by atoms with van der Waals surface area (Å²) in [5.74, 6) is -1.68. The molecular formula is C19H19F4N5O. The second-order valence-electron chi connectivity index (χ2n) is 6.64. The Bertz CT molecular complexity index is 1090. The summed E-state index contributed by atoms with van der Waals surface area (Å²) in [6.45, 7) is 2.56. The maximum atomic E-state index is 14.6. The molecule has 29 heavy (non-hydrogen) atoms. The number of unbranched alkanes of at least 4 members (excludes halogenated alkanes) is 3. The smallest absolute Gasteiger partial charge is 0.382 e. The Hall–Kier alpha value is -3.04. The number of nitrogen functional groups attached to an aromatic ring is 1. The summed E-state index contributed by atoms with van der Waals surface area (Å²) < 4.78 is 54.4. The van der Waals surface area contributed by atoms with E-state index in [2.05, 4.69) is 21.9 Å². The number of alkyl halides is 3. The maximum absolute atomic E-state index is 14.6. The molecule has 0 aliphatic rings. The highest BCUT2D eigenvalue weighted by Gasteiger charge is 2.36. The molecular weight excluding hydrogens is 390 g/mol. The zero-order valence-electron chi connectivity index (χ0n) is 15.6. The van der Waals surface area contributed by atoms with Crippen molar-refractivity contribution in [2.45, 2.75) is 45.3 Å². The topological polar surface area (TPSA) is 86.7 Å². The minimum absolute atomic E-state index is 0.0806. The Labute approximate surface area is 163 Å². The van der Waals surface area contributed by atoms with Gasteiger partial charge in [-0.2, -0.15) is 13.2 Å². The summed E-state index contributed by atoms with van der Waals surface area (Å²) in [6.07, 6.45) is 1.32. The summed E-state index contributed by atoms with van der Waals surface area (Å²) in [5, 5.41) is 0.0806. The van der Waals surface area contributed by atoms with E-state index in [-0.39, 0.29) is 27.7 Å². The highest BCUT2D eigenvalue weighted by molar-refractivity contribution is 5.83. The summed E-state index contributed by atoms with van der Waals surface area (Å²) in [6, 6.07) is 2.27. The van der Waals surface area contributed by atoms with Crippen LogP contribution in [0.2, 0.25) is 0 Å². The van der Waals surface area contributed by atoms with E-state index < -0.39 is 23.5 Å². The normalized spacial score (nSPS) is 11.9. The molecule has 3 rings (SSSR count). The molecule has 0 amide bonds. The highest BCUT2D eigenvalue weighted by Crippen LogP contribution is 2.32. The van der Waals surface area contributed by atoms with Crippen molar-refractivity contribution >= 4 is 16.7 Å². The minimum atomic E-state index is -4.76. The van der Waals surface area contributed by atoms with Crippen LogP contribution in [0.4, 0.5) is 23.4 Å². The fraction of sp³-hybridized carbons (Fsp3) is 0.368. The van der Waals surface area contributed by atoms with Crippen LogP contribution in [-0.4, -0.2) is 19.5 Å². The van der Waals surface area contributed by atoms with Crippen LogP contribution in [-0.2, 0) is 12.7 Å². The van der Waals surface area contributed by atoms with Crippen LogP contribution < -0.4 is 11.3 Å². The van der Waals surface area contributed by atoms with Crippen LogP contribution in [0.1, 0.15) is 38.3 Å². The molecule has 0 radical (unpaired) electrons. The molecule has 2 N–H and O–H groups in total. The first kappa shape index (κ1) is 20.7. The lowest BCUT2D eigenvalue weighted by molar-refractivity contribution is -0.140. The van der Waals surface area contributed by atoms with Gasteiger partial charge < -0.3 is 5.73 Å². The van der Waals surface area contributed by atoms with Gasteiger partial charge in [-0.1, -0.05) is 26.2 Å². The Morgan fingerprint density at radius 1 is 1.14 bits per heavy atom. The predicted molar refractivity (Wildman–Crippen MR) is 101 cm³/mol.